The van der Waals surface area contributed by atoms with Crippen molar-refractivity contribution in [1.29, 1.82) is 0 Å². The number of halogens is 2. The molecule has 0 amide bonds. The highest BCUT2D eigenvalue weighted by molar-refractivity contribution is 14.1. The van der Waals surface area contributed by atoms with Gasteiger partial charge in [0.05, 0.1) is 0 Å². The van der Waals surface area contributed by atoms with Gasteiger partial charge in [-0.3, -0.25) is 0 Å². The van der Waals surface area contributed by atoms with Crippen molar-refractivity contribution < 1.29 is 0 Å². The Morgan fingerprint density at radius 1 is 1.14 bits per heavy atom. The molecule has 14 heavy (non-hydrogen) atoms. The predicted octanol–water partition coefficient (Wildman–Crippen LogP) is 2.72. The first-order valence-electron chi connectivity index (χ1n) is 5.42. The molecule has 1 atom stereocenters. The van der Waals surface area contributed by atoms with Crippen molar-refractivity contribution in [2.45, 2.75) is 36.0 Å². The number of hydrogen-bond acceptors (Lipinski definition) is 2. The lowest BCUT2D eigenvalue weighted by atomic mass is 10.1. The minimum absolute atomic E-state index is 0.791. The van der Waals surface area contributed by atoms with Crippen molar-refractivity contribution in [1.82, 2.24) is 5.32 Å². The zero-order chi connectivity index (χ0) is 10.6. The highest BCUT2D eigenvalue weighted by atomic mass is 127. The maximum atomic E-state index is 5.42. The molecule has 3 N–H and O–H groups in total. The number of rotatable bonds is 10. The van der Waals surface area contributed by atoms with Crippen LogP contribution in [0, 0.1) is 0 Å². The van der Waals surface area contributed by atoms with Crippen molar-refractivity contribution in [3.63, 3.8) is 0 Å². The lowest BCUT2D eigenvalue weighted by Crippen LogP contribution is -2.25. The third-order valence-corrected chi connectivity index (χ3v) is 3.90. The average Bonchev–Trinajstić information content (AvgIpc) is 2.19. The van der Waals surface area contributed by atoms with E-state index in [0.717, 1.165) is 30.0 Å². The highest BCUT2D eigenvalue weighted by Crippen LogP contribution is 2.11. The normalized spacial score (nSPS) is 13.1. The Morgan fingerprint density at radius 2 is 1.93 bits per heavy atom. The Labute approximate surface area is 115 Å². The van der Waals surface area contributed by atoms with E-state index in [4.69, 9.17) is 5.73 Å². The van der Waals surface area contributed by atoms with Crippen LogP contribution in [0.4, 0.5) is 0 Å². The van der Waals surface area contributed by atoms with E-state index in [9.17, 15) is 0 Å². The number of unbranched alkanes of at least 4 members (excludes halogenated alkanes) is 2. The molecule has 4 heteroatoms. The fraction of sp³-hybridized carbons (Fsp3) is 1.00. The van der Waals surface area contributed by atoms with Gasteiger partial charge in [-0.15, -0.1) is 0 Å². The summed E-state index contributed by atoms with van der Waals surface area (Å²) in [6.07, 6.45) is 6.61. The van der Waals surface area contributed by atoms with Crippen molar-refractivity contribution >= 4 is 45.2 Å². The molecule has 1 unspecified atom stereocenters. The minimum atomic E-state index is 0.791. The van der Waals surface area contributed by atoms with E-state index in [-0.39, 0.29) is 0 Å². The van der Waals surface area contributed by atoms with Crippen LogP contribution in [0.5, 0.6) is 0 Å². The molecule has 0 aromatic rings. The summed E-state index contributed by atoms with van der Waals surface area (Å²) in [7, 11) is 0. The van der Waals surface area contributed by atoms with Gasteiger partial charge in [-0.2, -0.15) is 0 Å². The summed E-state index contributed by atoms with van der Waals surface area (Å²) in [4.78, 5) is 0. The molecule has 0 saturated carbocycles. The van der Waals surface area contributed by atoms with Gasteiger partial charge in [0.2, 0.25) is 0 Å². The zero-order valence-electron chi connectivity index (χ0n) is 8.77. The average molecular weight is 424 g/mol. The second-order valence-corrected chi connectivity index (χ2v) is 6.32. The van der Waals surface area contributed by atoms with Gasteiger partial charge < -0.3 is 11.1 Å². The summed E-state index contributed by atoms with van der Waals surface area (Å²) in [6.45, 7) is 3.02. The van der Waals surface area contributed by atoms with Crippen LogP contribution >= 0.6 is 45.2 Å². The Morgan fingerprint density at radius 3 is 2.57 bits per heavy atom. The molecule has 0 aliphatic rings. The monoisotopic (exact) mass is 424 g/mol. The fourth-order valence-corrected chi connectivity index (χ4v) is 2.52. The van der Waals surface area contributed by atoms with Gasteiger partial charge in [0.15, 0.2) is 0 Å². The Balaban J connectivity index is 3.07. The molecule has 0 heterocycles. The molecule has 0 saturated heterocycles. The predicted molar refractivity (Wildman–Crippen MR) is 81.7 cm³/mol. The highest BCUT2D eigenvalue weighted by Gasteiger charge is 2.02. The molecule has 2 nitrogen and oxygen atoms in total. The summed E-state index contributed by atoms with van der Waals surface area (Å²) >= 11 is 5.00. The Bertz CT molecular complexity index is 100. The lowest BCUT2D eigenvalue weighted by Gasteiger charge is -2.10. The van der Waals surface area contributed by atoms with Crippen molar-refractivity contribution in [3.8, 4) is 0 Å². The van der Waals surface area contributed by atoms with Gasteiger partial charge in [-0.25, -0.2) is 0 Å². The first-order chi connectivity index (χ1) is 6.81. The largest absolute Gasteiger partial charge is 0.330 e. The zero-order valence-corrected chi connectivity index (χ0v) is 13.1. The van der Waals surface area contributed by atoms with Crippen LogP contribution in [-0.4, -0.2) is 28.0 Å². The van der Waals surface area contributed by atoms with Crippen LogP contribution in [0.3, 0.4) is 0 Å². The number of nitrogens with two attached hydrogens (primary N) is 1. The minimum Gasteiger partial charge on any atom is -0.330 e. The van der Waals surface area contributed by atoms with Crippen LogP contribution in [0.15, 0.2) is 0 Å². The van der Waals surface area contributed by atoms with Gasteiger partial charge >= 0.3 is 0 Å². The summed E-state index contributed by atoms with van der Waals surface area (Å²) < 4.78 is 2.10. The Kier molecular flexibility index (Phi) is 13.7. The van der Waals surface area contributed by atoms with Gasteiger partial charge in [0, 0.05) is 10.5 Å². The van der Waals surface area contributed by atoms with Crippen molar-refractivity contribution in [3.05, 3.63) is 0 Å². The SMILES string of the molecule is NCCCNCC(I)CCCCCI. The van der Waals surface area contributed by atoms with Crippen molar-refractivity contribution in [2.24, 2.45) is 5.73 Å². The molecule has 0 radical (unpaired) electrons. The number of alkyl halides is 2. The second kappa shape index (κ2) is 12.4. The molecule has 0 aliphatic carbocycles. The first kappa shape index (κ1) is 15.4. The van der Waals surface area contributed by atoms with Crippen molar-refractivity contribution in [2.75, 3.05) is 24.1 Å². The molecule has 0 fully saturated rings. The Hall–Kier alpha value is 1.38. The van der Waals surface area contributed by atoms with E-state index >= 15 is 0 Å². The first-order valence-corrected chi connectivity index (χ1v) is 8.19. The van der Waals surface area contributed by atoms with E-state index in [1.165, 1.54) is 30.1 Å². The maximum absolute atomic E-state index is 5.42. The summed E-state index contributed by atoms with van der Waals surface area (Å²) in [5, 5.41) is 3.44. The van der Waals surface area contributed by atoms with Crippen LogP contribution in [0.25, 0.3) is 0 Å². The van der Waals surface area contributed by atoms with Gasteiger partial charge in [-0.1, -0.05) is 58.0 Å². The maximum Gasteiger partial charge on any atom is 0.0234 e. The molecule has 0 bridgehead atoms. The van der Waals surface area contributed by atoms with Crippen LogP contribution < -0.4 is 11.1 Å². The molecule has 0 spiro atoms. The van der Waals surface area contributed by atoms with Gasteiger partial charge in [0.1, 0.15) is 0 Å². The van der Waals surface area contributed by atoms with E-state index < -0.39 is 0 Å². The third kappa shape index (κ3) is 11.5. The number of hydrogen-bond donors (Lipinski definition) is 2. The molecule has 86 valence electrons. The lowest BCUT2D eigenvalue weighted by molar-refractivity contribution is 0.598. The van der Waals surface area contributed by atoms with Crippen LogP contribution in [-0.2, 0) is 0 Å². The smallest absolute Gasteiger partial charge is 0.0234 e. The quantitative estimate of drug-likeness (QED) is 0.322. The van der Waals surface area contributed by atoms with E-state index in [1.54, 1.807) is 0 Å². The van der Waals surface area contributed by atoms with Crippen LogP contribution in [0.2, 0.25) is 0 Å². The third-order valence-electron chi connectivity index (χ3n) is 2.07. The molecular formula is C10H22I2N2. The molecule has 0 aliphatic heterocycles. The topological polar surface area (TPSA) is 38.0 Å². The summed E-state index contributed by atoms with van der Waals surface area (Å²) in [6, 6.07) is 0. The van der Waals surface area contributed by atoms with Gasteiger partial charge in [0.25, 0.3) is 0 Å². The summed E-state index contributed by atoms with van der Waals surface area (Å²) in [5.74, 6) is 0. The fourth-order valence-electron chi connectivity index (χ4n) is 1.22. The number of nitrogens with one attached hydrogen (secondary N) is 1. The second-order valence-electron chi connectivity index (χ2n) is 3.48. The molecule has 0 rings (SSSR count). The standard InChI is InChI=1S/C10H22I2N2/c11-6-3-1-2-5-10(12)9-14-8-4-7-13/h10,14H,1-9,13H2. The van der Waals surface area contributed by atoms with E-state index in [1.807, 2.05) is 0 Å². The molecule has 0 aromatic carbocycles. The molecular weight excluding hydrogens is 402 g/mol. The van der Waals surface area contributed by atoms with E-state index in [0.29, 0.717) is 0 Å². The summed E-state index contributed by atoms with van der Waals surface area (Å²) in [5.41, 5.74) is 5.42. The van der Waals surface area contributed by atoms with Crippen LogP contribution in [0.1, 0.15) is 32.1 Å². The molecule has 0 aromatic heterocycles. The van der Waals surface area contributed by atoms with Gasteiger partial charge in [-0.05, 0) is 36.8 Å². The van der Waals surface area contributed by atoms with E-state index in [2.05, 4.69) is 50.5 Å².